The molecule has 2 aromatic carbocycles. The molecule has 158 valence electrons. The fraction of sp³-hybridized carbons (Fsp3) is 0.364. The van der Waals surface area contributed by atoms with Gasteiger partial charge in [-0.2, -0.15) is 0 Å². The Morgan fingerprint density at radius 2 is 1.83 bits per heavy atom. The summed E-state index contributed by atoms with van der Waals surface area (Å²) in [6.45, 7) is 3.74. The Hall–Kier alpha value is -2.58. The summed E-state index contributed by atoms with van der Waals surface area (Å²) in [5, 5.41) is 2.92. The van der Waals surface area contributed by atoms with Gasteiger partial charge in [0.15, 0.2) is 0 Å². The van der Waals surface area contributed by atoms with Gasteiger partial charge in [0.05, 0.1) is 27.9 Å². The highest BCUT2D eigenvalue weighted by atomic mass is 32.2. The van der Waals surface area contributed by atoms with Gasteiger partial charge >= 0.3 is 0 Å². The molecule has 0 aromatic heterocycles. The molecule has 2 amide bonds. The molecule has 1 fully saturated rings. The van der Waals surface area contributed by atoms with E-state index in [1.54, 1.807) is 30.3 Å². The second-order valence-corrected chi connectivity index (χ2v) is 9.00. The van der Waals surface area contributed by atoms with Gasteiger partial charge in [-0.1, -0.05) is 12.1 Å². The number of rotatable bonds is 6. The number of anilines is 1. The van der Waals surface area contributed by atoms with E-state index in [4.69, 9.17) is 0 Å². The van der Waals surface area contributed by atoms with Crippen LogP contribution in [0.4, 0.5) is 10.1 Å². The molecule has 6 nitrogen and oxygen atoms in total. The van der Waals surface area contributed by atoms with Crippen LogP contribution in [0.3, 0.4) is 0 Å². The minimum absolute atomic E-state index is 0.102. The molecule has 2 aliphatic rings. The lowest BCUT2D eigenvalue weighted by atomic mass is 10.1. The number of benzene rings is 2. The summed E-state index contributed by atoms with van der Waals surface area (Å²) in [5.41, 5.74) is 1.65. The summed E-state index contributed by atoms with van der Waals surface area (Å²) in [6, 6.07) is 10.8. The van der Waals surface area contributed by atoms with Crippen LogP contribution >= 0.6 is 0 Å². The van der Waals surface area contributed by atoms with Crippen molar-refractivity contribution in [2.75, 3.05) is 36.8 Å². The molecule has 2 heterocycles. The lowest BCUT2D eigenvalue weighted by Crippen LogP contribution is -2.39. The Bertz CT molecular complexity index is 974. The van der Waals surface area contributed by atoms with Gasteiger partial charge in [0.1, 0.15) is 11.6 Å². The zero-order valence-electron chi connectivity index (χ0n) is 16.6. The molecule has 4 rings (SSSR count). The number of nitrogens with one attached hydrogen (secondary N) is 1. The largest absolute Gasteiger partial charge is 0.351 e. The van der Waals surface area contributed by atoms with Crippen molar-refractivity contribution in [1.82, 2.24) is 10.2 Å². The molecule has 0 aliphatic carbocycles. The maximum atomic E-state index is 13.2. The van der Waals surface area contributed by atoms with Crippen molar-refractivity contribution in [3.63, 3.8) is 0 Å². The number of carbonyl (C=O) groups is 2. The maximum Gasteiger partial charge on any atom is 0.251 e. The van der Waals surface area contributed by atoms with Crippen molar-refractivity contribution in [3.05, 3.63) is 59.4 Å². The van der Waals surface area contributed by atoms with Gasteiger partial charge in [0.2, 0.25) is 5.91 Å². The molecule has 1 unspecified atom stereocenters. The average Bonchev–Trinajstić information content (AvgIpc) is 3.25. The van der Waals surface area contributed by atoms with Gasteiger partial charge in [-0.25, -0.2) is 4.39 Å². The maximum absolute atomic E-state index is 13.2. The summed E-state index contributed by atoms with van der Waals surface area (Å²) < 4.78 is 25.7. The predicted molar refractivity (Wildman–Crippen MR) is 113 cm³/mol. The van der Waals surface area contributed by atoms with Crippen molar-refractivity contribution in [3.8, 4) is 0 Å². The highest BCUT2D eigenvalue weighted by molar-refractivity contribution is 7.86. The zero-order chi connectivity index (χ0) is 21.1. The predicted octanol–water partition coefficient (Wildman–Crippen LogP) is 2.31. The second kappa shape index (κ2) is 9.06. The van der Waals surface area contributed by atoms with E-state index < -0.39 is 10.8 Å². The molecular weight excluding hydrogens is 405 g/mol. The van der Waals surface area contributed by atoms with Crippen LogP contribution in [0.1, 0.15) is 28.8 Å². The number of hydrogen-bond donors (Lipinski definition) is 1. The number of hydrogen-bond acceptors (Lipinski definition) is 4. The Morgan fingerprint density at radius 3 is 2.57 bits per heavy atom. The number of amides is 2. The van der Waals surface area contributed by atoms with E-state index in [9.17, 15) is 18.2 Å². The lowest BCUT2D eigenvalue weighted by Gasteiger charge is -2.29. The van der Waals surface area contributed by atoms with E-state index in [-0.39, 0.29) is 29.9 Å². The number of fused-ring (bicyclic) bond motifs is 1. The normalized spacial score (nSPS) is 19.0. The van der Waals surface area contributed by atoms with Gasteiger partial charge in [0, 0.05) is 18.7 Å². The summed E-state index contributed by atoms with van der Waals surface area (Å²) in [6.07, 6.45) is 2.40. The van der Waals surface area contributed by atoms with Crippen LogP contribution in [0.25, 0.3) is 0 Å². The molecule has 8 heteroatoms. The molecule has 0 bridgehead atoms. The van der Waals surface area contributed by atoms with Crippen LogP contribution in [0, 0.1) is 5.82 Å². The van der Waals surface area contributed by atoms with E-state index in [2.05, 4.69) is 10.2 Å². The molecule has 1 atom stereocenters. The summed E-state index contributed by atoms with van der Waals surface area (Å²) in [5.74, 6) is -0.951. The molecule has 0 radical (unpaired) electrons. The fourth-order valence-electron chi connectivity index (χ4n) is 3.85. The van der Waals surface area contributed by atoms with Gasteiger partial charge < -0.3 is 15.1 Å². The Labute approximate surface area is 177 Å². The first-order chi connectivity index (χ1) is 14.5. The summed E-state index contributed by atoms with van der Waals surface area (Å²) in [7, 11) is -1.45. The Morgan fingerprint density at radius 1 is 1.10 bits per heavy atom. The van der Waals surface area contributed by atoms with Gasteiger partial charge in [-0.15, -0.1) is 0 Å². The first-order valence-electron chi connectivity index (χ1n) is 10.1. The number of carbonyl (C=O) groups excluding carboxylic acids is 2. The van der Waals surface area contributed by atoms with Crippen molar-refractivity contribution in [2.24, 2.45) is 0 Å². The lowest BCUT2D eigenvalue weighted by molar-refractivity contribution is -0.116. The molecule has 2 aromatic rings. The molecular formula is C22H24FN3O3S. The third-order valence-corrected chi connectivity index (χ3v) is 6.82. The van der Waals surface area contributed by atoms with Crippen molar-refractivity contribution < 1.29 is 18.2 Å². The van der Waals surface area contributed by atoms with E-state index in [0.717, 1.165) is 25.2 Å². The van der Waals surface area contributed by atoms with Gasteiger partial charge in [0.25, 0.3) is 5.91 Å². The second-order valence-electron chi connectivity index (χ2n) is 7.58. The first kappa shape index (κ1) is 20.7. The van der Waals surface area contributed by atoms with E-state index in [1.165, 1.54) is 29.9 Å². The average molecular weight is 430 g/mol. The van der Waals surface area contributed by atoms with Gasteiger partial charge in [-0.3, -0.25) is 13.8 Å². The molecule has 1 N–H and O–H groups in total. The molecule has 30 heavy (non-hydrogen) atoms. The van der Waals surface area contributed by atoms with Gasteiger partial charge in [-0.05, 0) is 61.8 Å². The van der Waals surface area contributed by atoms with Crippen LogP contribution < -0.4 is 10.2 Å². The number of nitrogens with zero attached hydrogens (tertiary/aromatic N) is 2. The van der Waals surface area contributed by atoms with Crippen molar-refractivity contribution in [2.45, 2.75) is 24.3 Å². The van der Waals surface area contributed by atoms with Crippen LogP contribution in [0.15, 0.2) is 47.4 Å². The smallest absolute Gasteiger partial charge is 0.251 e. The third kappa shape index (κ3) is 4.60. The summed E-state index contributed by atoms with van der Waals surface area (Å²) in [4.78, 5) is 29.6. The number of halogens is 1. The molecule has 1 saturated heterocycles. The number of likely N-dealkylation sites (tertiary alicyclic amines) is 1. The highest BCUT2D eigenvalue weighted by Crippen LogP contribution is 2.31. The van der Waals surface area contributed by atoms with Crippen LogP contribution in [-0.2, 0) is 22.1 Å². The molecule has 2 aliphatic heterocycles. The van der Waals surface area contributed by atoms with Crippen LogP contribution in [-0.4, -0.2) is 52.9 Å². The zero-order valence-corrected chi connectivity index (χ0v) is 17.4. The molecule has 0 saturated carbocycles. The Balaban J connectivity index is 1.52. The van der Waals surface area contributed by atoms with E-state index in [0.29, 0.717) is 22.7 Å². The Kier molecular flexibility index (Phi) is 6.24. The SMILES string of the molecule is O=C(NCCN1CCCC1)c1ccc2c(c1)N(Cc1ccc(F)cc1)C(=O)CS2=O. The quantitative estimate of drug-likeness (QED) is 0.765. The van der Waals surface area contributed by atoms with Crippen molar-refractivity contribution >= 4 is 28.3 Å². The minimum Gasteiger partial charge on any atom is -0.351 e. The first-order valence-corrected chi connectivity index (χ1v) is 11.4. The topological polar surface area (TPSA) is 69.7 Å². The summed E-state index contributed by atoms with van der Waals surface area (Å²) >= 11 is 0. The standard InChI is InChI=1S/C22H24FN3O3S/c23-18-6-3-16(4-7-18)14-26-19-13-17(5-8-20(19)30(29)15-21(26)27)22(28)24-9-12-25-10-1-2-11-25/h3-8,13H,1-2,9-12,14-15H2,(H,24,28). The van der Waals surface area contributed by atoms with Crippen LogP contribution in [0.2, 0.25) is 0 Å². The fourth-order valence-corrected chi connectivity index (χ4v) is 5.00. The monoisotopic (exact) mass is 429 g/mol. The van der Waals surface area contributed by atoms with E-state index >= 15 is 0 Å². The van der Waals surface area contributed by atoms with Crippen LogP contribution in [0.5, 0.6) is 0 Å². The molecule has 0 spiro atoms. The third-order valence-electron chi connectivity index (χ3n) is 5.48. The highest BCUT2D eigenvalue weighted by Gasteiger charge is 2.30. The van der Waals surface area contributed by atoms with E-state index in [1.807, 2.05) is 0 Å². The van der Waals surface area contributed by atoms with Crippen molar-refractivity contribution in [1.29, 1.82) is 0 Å². The minimum atomic E-state index is -1.45.